The third-order valence-electron chi connectivity index (χ3n) is 6.06. The predicted molar refractivity (Wildman–Crippen MR) is 110 cm³/mol. The molecule has 0 aliphatic heterocycles. The molecule has 0 aromatic heterocycles. The van der Waals surface area contributed by atoms with Crippen molar-refractivity contribution in [1.82, 2.24) is 10.2 Å². The Balaban J connectivity index is 1.85. The number of hydrogen-bond acceptors (Lipinski definition) is 3. The van der Waals surface area contributed by atoms with Gasteiger partial charge in [-0.15, -0.1) is 0 Å². The van der Waals surface area contributed by atoms with E-state index >= 15 is 0 Å². The van der Waals surface area contributed by atoms with Crippen molar-refractivity contribution in [1.29, 1.82) is 0 Å². The zero-order valence-electron chi connectivity index (χ0n) is 17.1. The summed E-state index contributed by atoms with van der Waals surface area (Å²) in [6.07, 6.45) is 10.9. The van der Waals surface area contributed by atoms with Crippen LogP contribution in [0.5, 0.6) is 5.75 Å². The molecule has 3 rings (SSSR count). The summed E-state index contributed by atoms with van der Waals surface area (Å²) in [5.74, 6) is 0.724. The molecule has 5 heteroatoms. The molecule has 5 nitrogen and oxygen atoms in total. The van der Waals surface area contributed by atoms with E-state index in [9.17, 15) is 9.59 Å². The minimum Gasteiger partial charge on any atom is -0.497 e. The van der Waals surface area contributed by atoms with Crippen molar-refractivity contribution in [2.75, 3.05) is 7.11 Å². The van der Waals surface area contributed by atoms with Crippen LogP contribution in [0, 0.1) is 0 Å². The van der Waals surface area contributed by atoms with E-state index in [0.717, 1.165) is 68.4 Å². The van der Waals surface area contributed by atoms with E-state index < -0.39 is 5.54 Å². The fourth-order valence-corrected chi connectivity index (χ4v) is 4.45. The fourth-order valence-electron chi connectivity index (χ4n) is 4.45. The average molecular weight is 385 g/mol. The first kappa shape index (κ1) is 20.4. The van der Waals surface area contributed by atoms with Gasteiger partial charge < -0.3 is 15.0 Å². The summed E-state index contributed by atoms with van der Waals surface area (Å²) in [6, 6.07) is 7.72. The van der Waals surface area contributed by atoms with Gasteiger partial charge in [0.25, 0.3) is 0 Å². The second kappa shape index (κ2) is 9.26. The van der Waals surface area contributed by atoms with E-state index in [1.165, 1.54) is 6.42 Å². The van der Waals surface area contributed by atoms with E-state index in [2.05, 4.69) is 11.4 Å². The maximum Gasteiger partial charge on any atom is 0.250 e. The number of amides is 2. The van der Waals surface area contributed by atoms with Gasteiger partial charge in [-0.25, -0.2) is 0 Å². The van der Waals surface area contributed by atoms with Crippen molar-refractivity contribution < 1.29 is 14.3 Å². The molecule has 1 fully saturated rings. The van der Waals surface area contributed by atoms with Crippen LogP contribution >= 0.6 is 0 Å². The van der Waals surface area contributed by atoms with Crippen LogP contribution in [-0.4, -0.2) is 29.4 Å². The standard InChI is InChI=1S/C23H32N2O3/c1-18(26)25(17-19-11-13-21(28-2)14-12-19)23(15-7-4-8-16-23)22(27)24-20-9-5-3-6-10-20/h9,11-14H,3-8,10,15-17H2,1-2H3,(H,24,27). The average Bonchev–Trinajstić information content (AvgIpc) is 2.73. The number of methoxy groups -OCH3 is 1. The van der Waals surface area contributed by atoms with Crippen molar-refractivity contribution in [2.45, 2.75) is 76.8 Å². The molecule has 1 saturated carbocycles. The predicted octanol–water partition coefficient (Wildman–Crippen LogP) is 4.32. The lowest BCUT2D eigenvalue weighted by Gasteiger charge is -2.45. The Hall–Kier alpha value is -2.30. The van der Waals surface area contributed by atoms with E-state index in [-0.39, 0.29) is 11.8 Å². The van der Waals surface area contributed by atoms with Gasteiger partial charge in [0.2, 0.25) is 11.8 Å². The van der Waals surface area contributed by atoms with Crippen LogP contribution in [0.4, 0.5) is 0 Å². The van der Waals surface area contributed by atoms with Crippen LogP contribution in [0.2, 0.25) is 0 Å². The number of nitrogens with zero attached hydrogens (tertiary/aromatic N) is 1. The smallest absolute Gasteiger partial charge is 0.250 e. The van der Waals surface area contributed by atoms with Crippen molar-refractivity contribution in [3.05, 3.63) is 41.6 Å². The molecular formula is C23H32N2O3. The molecule has 28 heavy (non-hydrogen) atoms. The Morgan fingerprint density at radius 3 is 2.36 bits per heavy atom. The Bertz CT molecular complexity index is 718. The monoisotopic (exact) mass is 384 g/mol. The van der Waals surface area contributed by atoms with Gasteiger partial charge in [0.15, 0.2) is 0 Å². The lowest BCUT2D eigenvalue weighted by Crippen LogP contribution is -2.60. The topological polar surface area (TPSA) is 58.6 Å². The molecule has 152 valence electrons. The van der Waals surface area contributed by atoms with Crippen molar-refractivity contribution in [3.8, 4) is 5.75 Å². The Morgan fingerprint density at radius 1 is 1.07 bits per heavy atom. The van der Waals surface area contributed by atoms with Gasteiger partial charge in [0.1, 0.15) is 11.3 Å². The molecule has 1 aromatic carbocycles. The van der Waals surface area contributed by atoms with E-state index in [1.54, 1.807) is 18.9 Å². The van der Waals surface area contributed by atoms with E-state index in [4.69, 9.17) is 4.74 Å². The summed E-state index contributed by atoms with van der Waals surface area (Å²) >= 11 is 0. The summed E-state index contributed by atoms with van der Waals surface area (Å²) in [4.78, 5) is 27.9. The molecule has 0 heterocycles. The number of nitrogens with one attached hydrogen (secondary N) is 1. The first-order valence-electron chi connectivity index (χ1n) is 10.5. The number of benzene rings is 1. The van der Waals surface area contributed by atoms with Crippen LogP contribution in [0.25, 0.3) is 0 Å². The second-order valence-corrected chi connectivity index (χ2v) is 7.97. The minimum absolute atomic E-state index is 0.0101. The van der Waals surface area contributed by atoms with Gasteiger partial charge >= 0.3 is 0 Å². The quantitative estimate of drug-likeness (QED) is 0.795. The van der Waals surface area contributed by atoms with Crippen molar-refractivity contribution >= 4 is 11.8 Å². The summed E-state index contributed by atoms with van der Waals surface area (Å²) in [7, 11) is 1.64. The van der Waals surface area contributed by atoms with Gasteiger partial charge in [-0.1, -0.05) is 37.5 Å². The normalized spacial score (nSPS) is 18.7. The van der Waals surface area contributed by atoms with Gasteiger partial charge in [0.05, 0.1) is 7.11 Å². The fraction of sp³-hybridized carbons (Fsp3) is 0.565. The minimum atomic E-state index is -0.762. The highest BCUT2D eigenvalue weighted by atomic mass is 16.5. The molecule has 0 saturated heterocycles. The van der Waals surface area contributed by atoms with Gasteiger partial charge in [-0.2, -0.15) is 0 Å². The maximum absolute atomic E-state index is 13.5. The molecule has 0 spiro atoms. The van der Waals surface area contributed by atoms with Gasteiger partial charge in [-0.3, -0.25) is 9.59 Å². The second-order valence-electron chi connectivity index (χ2n) is 7.97. The third-order valence-corrected chi connectivity index (χ3v) is 6.06. The van der Waals surface area contributed by atoms with Crippen molar-refractivity contribution in [2.24, 2.45) is 0 Å². The molecule has 1 aromatic rings. The van der Waals surface area contributed by atoms with Crippen LogP contribution < -0.4 is 10.1 Å². The molecule has 2 amide bonds. The maximum atomic E-state index is 13.5. The Morgan fingerprint density at radius 2 is 1.79 bits per heavy atom. The number of ether oxygens (including phenoxy) is 1. The largest absolute Gasteiger partial charge is 0.497 e. The van der Waals surface area contributed by atoms with Crippen LogP contribution in [0.1, 0.15) is 70.3 Å². The van der Waals surface area contributed by atoms with E-state index in [0.29, 0.717) is 6.54 Å². The molecule has 2 aliphatic carbocycles. The Kier molecular flexibility index (Phi) is 6.76. The highest BCUT2D eigenvalue weighted by molar-refractivity contribution is 5.92. The number of allylic oxidation sites excluding steroid dienone is 2. The lowest BCUT2D eigenvalue weighted by molar-refractivity contribution is -0.149. The molecule has 0 atom stereocenters. The first-order chi connectivity index (χ1) is 13.5. The summed E-state index contributed by atoms with van der Waals surface area (Å²) < 4.78 is 5.23. The van der Waals surface area contributed by atoms with E-state index in [1.807, 2.05) is 24.3 Å². The highest BCUT2D eigenvalue weighted by Gasteiger charge is 2.46. The summed E-state index contributed by atoms with van der Waals surface area (Å²) in [6.45, 7) is 2.01. The summed E-state index contributed by atoms with van der Waals surface area (Å²) in [5, 5.41) is 3.18. The molecule has 0 radical (unpaired) electrons. The highest BCUT2D eigenvalue weighted by Crippen LogP contribution is 2.36. The molecule has 1 N–H and O–H groups in total. The molecule has 0 bridgehead atoms. The number of rotatable bonds is 6. The lowest BCUT2D eigenvalue weighted by atomic mass is 9.78. The van der Waals surface area contributed by atoms with Gasteiger partial charge in [-0.05, 0) is 56.2 Å². The third kappa shape index (κ3) is 4.57. The zero-order valence-corrected chi connectivity index (χ0v) is 17.1. The van der Waals surface area contributed by atoms with Gasteiger partial charge in [0, 0.05) is 19.2 Å². The molecular weight excluding hydrogens is 352 g/mol. The zero-order chi connectivity index (χ0) is 20.0. The van der Waals surface area contributed by atoms with Crippen LogP contribution in [0.3, 0.4) is 0 Å². The first-order valence-corrected chi connectivity index (χ1v) is 10.5. The number of carbonyl (C=O) groups is 2. The molecule has 0 unspecified atom stereocenters. The molecule has 2 aliphatic rings. The number of hydrogen-bond donors (Lipinski definition) is 1. The SMILES string of the molecule is COc1ccc(CN(C(C)=O)C2(C(=O)NC3=CCCCC3)CCCCC2)cc1. The van der Waals surface area contributed by atoms with Crippen LogP contribution in [-0.2, 0) is 16.1 Å². The van der Waals surface area contributed by atoms with Crippen molar-refractivity contribution in [3.63, 3.8) is 0 Å². The summed E-state index contributed by atoms with van der Waals surface area (Å²) in [5.41, 5.74) is 1.27. The van der Waals surface area contributed by atoms with Crippen LogP contribution in [0.15, 0.2) is 36.0 Å². The Labute approximate surface area is 168 Å². The number of carbonyl (C=O) groups excluding carboxylic acids is 2.